The number of benzene rings is 3. The fraction of sp³-hybridized carbons (Fsp3) is 0.135. The molecule has 0 unspecified atom stereocenters. The van der Waals surface area contributed by atoms with E-state index in [0.717, 1.165) is 61.1 Å². The Morgan fingerprint density at radius 3 is 2.57 bits per heavy atom. The van der Waals surface area contributed by atoms with Crippen LogP contribution in [0, 0.1) is 6.92 Å². The first-order valence-corrected chi connectivity index (χ1v) is 15.1. The van der Waals surface area contributed by atoms with Gasteiger partial charge in [0.1, 0.15) is 17.9 Å². The van der Waals surface area contributed by atoms with Crippen molar-refractivity contribution < 1.29 is 19.4 Å². The maximum atomic E-state index is 12.2. The van der Waals surface area contributed by atoms with Crippen molar-refractivity contribution in [2.75, 3.05) is 6.61 Å². The van der Waals surface area contributed by atoms with E-state index in [0.29, 0.717) is 26.0 Å². The SMILES string of the molecule is Cc1ccnc(-n2ccnc2)c1-c1cccc2c(CCCOc3cccc4ccccc34)c(OC(=O)O)n(Cc3cccnc3)c12. The molecular formula is C37H31N5O4. The predicted molar refractivity (Wildman–Crippen MR) is 177 cm³/mol. The summed E-state index contributed by atoms with van der Waals surface area (Å²) in [7, 11) is 0. The van der Waals surface area contributed by atoms with Crippen LogP contribution < -0.4 is 9.47 Å². The number of carbonyl (C=O) groups is 1. The topological polar surface area (TPSA) is 104 Å². The smallest absolute Gasteiger partial charge is 0.493 e. The van der Waals surface area contributed by atoms with Crippen molar-refractivity contribution in [3.05, 3.63) is 133 Å². The van der Waals surface area contributed by atoms with E-state index in [2.05, 4.69) is 28.2 Å². The van der Waals surface area contributed by atoms with Gasteiger partial charge in [0.15, 0.2) is 0 Å². The number of para-hydroxylation sites is 1. The number of carboxylic acid groups (broad SMARTS) is 1. The fourth-order valence-electron chi connectivity index (χ4n) is 6.13. The molecule has 0 amide bonds. The zero-order valence-electron chi connectivity index (χ0n) is 25.2. The van der Waals surface area contributed by atoms with Crippen LogP contribution in [0.25, 0.3) is 38.6 Å². The van der Waals surface area contributed by atoms with E-state index in [1.54, 1.807) is 31.1 Å². The predicted octanol–water partition coefficient (Wildman–Crippen LogP) is 7.86. The highest BCUT2D eigenvalue weighted by molar-refractivity contribution is 6.00. The van der Waals surface area contributed by atoms with Crippen molar-refractivity contribution in [3.8, 4) is 28.6 Å². The molecule has 0 radical (unpaired) electrons. The van der Waals surface area contributed by atoms with E-state index in [4.69, 9.17) is 14.5 Å². The van der Waals surface area contributed by atoms with Crippen LogP contribution in [0.15, 0.2) is 116 Å². The first-order valence-electron chi connectivity index (χ1n) is 15.1. The van der Waals surface area contributed by atoms with E-state index in [-0.39, 0.29) is 5.88 Å². The molecule has 9 heteroatoms. The van der Waals surface area contributed by atoms with Gasteiger partial charge in [-0.25, -0.2) is 14.8 Å². The second-order valence-electron chi connectivity index (χ2n) is 11.0. The lowest BCUT2D eigenvalue weighted by atomic mass is 9.97. The lowest BCUT2D eigenvalue weighted by molar-refractivity contribution is 0.140. The Balaban J connectivity index is 1.34. The van der Waals surface area contributed by atoms with Crippen molar-refractivity contribution in [2.24, 2.45) is 0 Å². The van der Waals surface area contributed by atoms with Gasteiger partial charge in [-0.05, 0) is 54.5 Å². The number of aromatic nitrogens is 5. The van der Waals surface area contributed by atoms with Crippen LogP contribution in [0.5, 0.6) is 11.6 Å². The van der Waals surface area contributed by atoms with Crippen LogP contribution >= 0.6 is 0 Å². The minimum absolute atomic E-state index is 0.287. The Morgan fingerprint density at radius 1 is 0.891 bits per heavy atom. The van der Waals surface area contributed by atoms with Crippen LogP contribution in [-0.2, 0) is 13.0 Å². The summed E-state index contributed by atoms with van der Waals surface area (Å²) in [5.74, 6) is 1.83. The number of rotatable bonds is 10. The quantitative estimate of drug-likeness (QED) is 0.124. The zero-order valence-corrected chi connectivity index (χ0v) is 25.2. The minimum Gasteiger partial charge on any atom is -0.493 e. The fourth-order valence-corrected chi connectivity index (χ4v) is 6.13. The summed E-state index contributed by atoms with van der Waals surface area (Å²) in [6, 6.07) is 26.0. The van der Waals surface area contributed by atoms with Gasteiger partial charge in [0, 0.05) is 58.4 Å². The van der Waals surface area contributed by atoms with Crippen LogP contribution in [0.2, 0.25) is 0 Å². The molecule has 0 aliphatic rings. The second-order valence-corrected chi connectivity index (χ2v) is 11.0. The standard InChI is InChI=1S/C37H31N5O4/c1-25-16-18-40-35(41-20-19-39-24-41)33(25)31-13-5-12-29-30(14-7-21-45-32-15-4-10-27-9-2-3-11-28(27)32)36(46-37(43)44)42(34(29)31)23-26-8-6-17-38-22-26/h2-6,8-13,15-20,22,24H,7,14,21,23H2,1H3,(H,43,44). The molecule has 0 aliphatic carbocycles. The van der Waals surface area contributed by atoms with Gasteiger partial charge in [0.25, 0.3) is 0 Å². The van der Waals surface area contributed by atoms with Gasteiger partial charge in [-0.3, -0.25) is 9.55 Å². The molecule has 46 heavy (non-hydrogen) atoms. The normalized spacial score (nSPS) is 11.2. The number of hydrogen-bond donors (Lipinski definition) is 1. The zero-order chi connectivity index (χ0) is 31.5. The summed E-state index contributed by atoms with van der Waals surface area (Å²) in [4.78, 5) is 25.4. The van der Waals surface area contributed by atoms with E-state index in [9.17, 15) is 9.90 Å². The van der Waals surface area contributed by atoms with Crippen molar-refractivity contribution >= 4 is 27.8 Å². The van der Waals surface area contributed by atoms with Crippen LogP contribution in [-0.4, -0.2) is 42.0 Å². The van der Waals surface area contributed by atoms with Crippen molar-refractivity contribution in [1.82, 2.24) is 24.1 Å². The van der Waals surface area contributed by atoms with Crippen molar-refractivity contribution in [2.45, 2.75) is 26.3 Å². The molecule has 228 valence electrons. The monoisotopic (exact) mass is 609 g/mol. The number of pyridine rings is 2. The van der Waals surface area contributed by atoms with E-state index >= 15 is 0 Å². The van der Waals surface area contributed by atoms with Gasteiger partial charge in [0.2, 0.25) is 5.88 Å². The molecule has 0 spiro atoms. The number of aryl methyl sites for hydroxylation is 2. The lowest BCUT2D eigenvalue weighted by Gasteiger charge is -2.16. The molecule has 0 saturated carbocycles. The number of ether oxygens (including phenoxy) is 2. The van der Waals surface area contributed by atoms with Gasteiger partial charge in [0.05, 0.1) is 18.7 Å². The number of fused-ring (bicyclic) bond motifs is 2. The average Bonchev–Trinajstić information content (AvgIpc) is 3.71. The van der Waals surface area contributed by atoms with E-state index < -0.39 is 6.16 Å². The molecule has 7 aromatic rings. The molecule has 7 rings (SSSR count). The Morgan fingerprint density at radius 2 is 1.74 bits per heavy atom. The number of imidazole rings is 1. The van der Waals surface area contributed by atoms with Crippen LogP contribution in [0.3, 0.4) is 0 Å². The third-order valence-electron chi connectivity index (χ3n) is 8.12. The summed E-state index contributed by atoms with van der Waals surface area (Å²) in [5.41, 5.74) is 5.41. The molecule has 3 aromatic carbocycles. The van der Waals surface area contributed by atoms with Crippen molar-refractivity contribution in [3.63, 3.8) is 0 Å². The molecule has 0 atom stereocenters. The maximum absolute atomic E-state index is 12.2. The second kappa shape index (κ2) is 12.6. The lowest BCUT2D eigenvalue weighted by Crippen LogP contribution is -2.11. The van der Waals surface area contributed by atoms with Gasteiger partial charge in [-0.1, -0.05) is 60.7 Å². The summed E-state index contributed by atoms with van der Waals surface area (Å²) >= 11 is 0. The highest BCUT2D eigenvalue weighted by Gasteiger charge is 2.25. The minimum atomic E-state index is -1.37. The van der Waals surface area contributed by atoms with E-state index in [1.807, 2.05) is 82.9 Å². The third kappa shape index (κ3) is 5.54. The Bertz CT molecular complexity index is 2150. The first kappa shape index (κ1) is 28.8. The van der Waals surface area contributed by atoms with E-state index in [1.165, 1.54) is 0 Å². The molecule has 0 fully saturated rings. The molecule has 0 saturated heterocycles. The number of nitrogens with zero attached hydrogens (tertiary/aromatic N) is 5. The summed E-state index contributed by atoms with van der Waals surface area (Å²) in [6.07, 6.45) is 10.4. The first-order chi connectivity index (χ1) is 22.6. The Hall–Kier alpha value is -5.96. The Labute approximate surface area is 265 Å². The number of hydrogen-bond acceptors (Lipinski definition) is 6. The largest absolute Gasteiger partial charge is 0.512 e. The highest BCUT2D eigenvalue weighted by Crippen LogP contribution is 2.41. The molecule has 4 heterocycles. The van der Waals surface area contributed by atoms with Crippen LogP contribution in [0.1, 0.15) is 23.1 Å². The molecular weight excluding hydrogens is 578 g/mol. The van der Waals surface area contributed by atoms with Gasteiger partial charge in [-0.15, -0.1) is 0 Å². The third-order valence-corrected chi connectivity index (χ3v) is 8.12. The van der Waals surface area contributed by atoms with Gasteiger partial charge >= 0.3 is 6.16 Å². The summed E-state index contributed by atoms with van der Waals surface area (Å²) in [5, 5.41) is 13.0. The molecule has 0 bridgehead atoms. The molecule has 1 N–H and O–H groups in total. The highest BCUT2D eigenvalue weighted by atomic mass is 16.7. The summed E-state index contributed by atoms with van der Waals surface area (Å²) < 4.78 is 15.7. The van der Waals surface area contributed by atoms with Gasteiger partial charge < -0.3 is 19.1 Å². The van der Waals surface area contributed by atoms with Crippen molar-refractivity contribution in [1.29, 1.82) is 0 Å². The van der Waals surface area contributed by atoms with Crippen LogP contribution in [0.4, 0.5) is 4.79 Å². The average molecular weight is 610 g/mol. The van der Waals surface area contributed by atoms with Gasteiger partial charge in [-0.2, -0.15) is 0 Å². The molecule has 9 nitrogen and oxygen atoms in total. The molecule has 4 aromatic heterocycles. The summed E-state index contributed by atoms with van der Waals surface area (Å²) in [6.45, 7) is 2.85. The Kier molecular flexibility index (Phi) is 7.87. The molecule has 0 aliphatic heterocycles. The maximum Gasteiger partial charge on any atom is 0.512 e.